The minimum absolute atomic E-state index is 0. The van der Waals surface area contributed by atoms with Crippen molar-refractivity contribution in [3.63, 3.8) is 0 Å². The number of rotatable bonds is 4. The SMILES string of the molecule is Cc1ccc(CNC(=O)C2CCN(C(=O)[C@H]3NCCO[C@@H]3C)CC2)cc1F.Cl. The van der Waals surface area contributed by atoms with Gasteiger partial charge >= 0.3 is 0 Å². The fourth-order valence-electron chi connectivity index (χ4n) is 3.65. The van der Waals surface area contributed by atoms with Crippen molar-refractivity contribution in [2.45, 2.75) is 45.4 Å². The van der Waals surface area contributed by atoms with Crippen molar-refractivity contribution in [2.24, 2.45) is 5.92 Å². The van der Waals surface area contributed by atoms with Gasteiger partial charge in [0.05, 0.1) is 12.7 Å². The molecule has 0 unspecified atom stereocenters. The van der Waals surface area contributed by atoms with E-state index in [1.807, 2.05) is 17.9 Å². The maximum absolute atomic E-state index is 13.6. The lowest BCUT2D eigenvalue weighted by molar-refractivity contribution is -0.142. The van der Waals surface area contributed by atoms with Crippen LogP contribution in [-0.4, -0.2) is 55.1 Å². The van der Waals surface area contributed by atoms with Gasteiger partial charge in [0.2, 0.25) is 11.8 Å². The number of benzene rings is 1. The average molecular weight is 414 g/mol. The van der Waals surface area contributed by atoms with Crippen LogP contribution in [0.4, 0.5) is 4.39 Å². The van der Waals surface area contributed by atoms with Crippen LogP contribution in [0, 0.1) is 18.7 Å². The molecule has 0 aliphatic carbocycles. The number of ether oxygens (including phenoxy) is 1. The Morgan fingerprint density at radius 2 is 2.04 bits per heavy atom. The standard InChI is InChI=1S/C20H28FN3O3.ClH/c1-13-3-4-15(11-17(13)21)12-23-19(25)16-5-8-24(9-6-16)20(26)18-14(2)27-10-7-22-18;/h3-4,11,14,16,18,22H,5-10,12H2,1-2H3,(H,23,25);1H/t14-,18+;/m1./s1. The number of likely N-dealkylation sites (tertiary alicyclic amines) is 1. The maximum atomic E-state index is 13.6. The van der Waals surface area contributed by atoms with Crippen LogP contribution in [0.5, 0.6) is 0 Å². The molecule has 0 spiro atoms. The van der Waals surface area contributed by atoms with Gasteiger partial charge in [-0.2, -0.15) is 0 Å². The average Bonchev–Trinajstić information content (AvgIpc) is 2.68. The third-order valence-electron chi connectivity index (χ3n) is 5.46. The highest BCUT2D eigenvalue weighted by Gasteiger charge is 2.34. The second kappa shape index (κ2) is 10.2. The van der Waals surface area contributed by atoms with Gasteiger partial charge in [0.15, 0.2) is 0 Å². The van der Waals surface area contributed by atoms with E-state index in [0.29, 0.717) is 51.2 Å². The van der Waals surface area contributed by atoms with Crippen LogP contribution in [0.3, 0.4) is 0 Å². The topological polar surface area (TPSA) is 70.7 Å². The number of morpholine rings is 1. The fraction of sp³-hybridized carbons (Fsp3) is 0.600. The van der Waals surface area contributed by atoms with Gasteiger partial charge in [0.1, 0.15) is 11.9 Å². The quantitative estimate of drug-likeness (QED) is 0.789. The molecule has 2 N–H and O–H groups in total. The third kappa shape index (κ3) is 5.43. The van der Waals surface area contributed by atoms with Crippen molar-refractivity contribution in [2.75, 3.05) is 26.2 Å². The molecule has 2 aliphatic heterocycles. The second-order valence-electron chi connectivity index (χ2n) is 7.41. The highest BCUT2D eigenvalue weighted by molar-refractivity contribution is 5.85. The minimum atomic E-state index is -0.305. The maximum Gasteiger partial charge on any atom is 0.242 e. The number of nitrogens with zero attached hydrogens (tertiary/aromatic N) is 1. The Hall–Kier alpha value is -1.70. The Labute approximate surface area is 171 Å². The molecule has 28 heavy (non-hydrogen) atoms. The molecule has 2 fully saturated rings. The minimum Gasteiger partial charge on any atom is -0.375 e. The zero-order valence-corrected chi connectivity index (χ0v) is 17.2. The predicted molar refractivity (Wildman–Crippen MR) is 107 cm³/mol. The van der Waals surface area contributed by atoms with Crippen LogP contribution in [0.2, 0.25) is 0 Å². The zero-order chi connectivity index (χ0) is 19.4. The lowest BCUT2D eigenvalue weighted by atomic mass is 9.95. The monoisotopic (exact) mass is 413 g/mol. The molecule has 156 valence electrons. The number of carbonyl (C=O) groups is 2. The first-order valence-electron chi connectivity index (χ1n) is 9.62. The number of amides is 2. The Kier molecular flexibility index (Phi) is 8.22. The van der Waals surface area contributed by atoms with Gasteiger partial charge < -0.3 is 20.3 Å². The molecule has 1 aromatic rings. The van der Waals surface area contributed by atoms with Crippen molar-refractivity contribution < 1.29 is 18.7 Å². The first kappa shape index (κ1) is 22.6. The van der Waals surface area contributed by atoms with Gasteiger partial charge in [0.25, 0.3) is 0 Å². The molecule has 0 bridgehead atoms. The summed E-state index contributed by atoms with van der Waals surface area (Å²) in [6, 6.07) is 4.68. The Morgan fingerprint density at radius 3 is 2.68 bits per heavy atom. The highest BCUT2D eigenvalue weighted by atomic mass is 35.5. The third-order valence-corrected chi connectivity index (χ3v) is 5.46. The first-order chi connectivity index (χ1) is 13.0. The van der Waals surface area contributed by atoms with Gasteiger partial charge in [-0.25, -0.2) is 4.39 Å². The second-order valence-corrected chi connectivity index (χ2v) is 7.41. The molecule has 0 radical (unpaired) electrons. The molecule has 6 nitrogen and oxygen atoms in total. The number of hydrogen-bond donors (Lipinski definition) is 2. The predicted octanol–water partition coefficient (Wildman–Crippen LogP) is 1.79. The lowest BCUT2D eigenvalue weighted by Gasteiger charge is -2.37. The number of halogens is 2. The van der Waals surface area contributed by atoms with Gasteiger partial charge in [-0.05, 0) is 43.9 Å². The van der Waals surface area contributed by atoms with Gasteiger partial charge in [-0.1, -0.05) is 12.1 Å². The molecular weight excluding hydrogens is 385 g/mol. The van der Waals surface area contributed by atoms with E-state index in [4.69, 9.17) is 4.74 Å². The zero-order valence-electron chi connectivity index (χ0n) is 16.4. The summed E-state index contributed by atoms with van der Waals surface area (Å²) in [6.45, 7) is 6.38. The normalized spacial score (nSPS) is 23.0. The molecule has 8 heteroatoms. The lowest BCUT2D eigenvalue weighted by Crippen LogP contribution is -2.57. The van der Waals surface area contributed by atoms with E-state index >= 15 is 0 Å². The van der Waals surface area contributed by atoms with Crippen molar-refractivity contribution in [1.29, 1.82) is 0 Å². The van der Waals surface area contributed by atoms with Crippen LogP contribution in [0.25, 0.3) is 0 Å². The van der Waals surface area contributed by atoms with E-state index in [0.717, 1.165) is 5.56 Å². The molecule has 2 heterocycles. The van der Waals surface area contributed by atoms with E-state index in [1.54, 1.807) is 13.0 Å². The van der Waals surface area contributed by atoms with Crippen LogP contribution in [0.1, 0.15) is 30.9 Å². The van der Waals surface area contributed by atoms with Crippen molar-refractivity contribution in [3.8, 4) is 0 Å². The Bertz CT molecular complexity index is 695. The first-order valence-corrected chi connectivity index (χ1v) is 9.62. The summed E-state index contributed by atoms with van der Waals surface area (Å²) in [5.41, 5.74) is 1.34. The van der Waals surface area contributed by atoms with E-state index in [-0.39, 0.29) is 48.1 Å². The van der Waals surface area contributed by atoms with E-state index in [1.165, 1.54) is 6.07 Å². The molecular formula is C20H29ClFN3O3. The number of aryl methyl sites for hydroxylation is 1. The van der Waals surface area contributed by atoms with Gasteiger partial charge in [-0.15, -0.1) is 12.4 Å². The van der Waals surface area contributed by atoms with Crippen LogP contribution in [-0.2, 0) is 20.9 Å². The largest absolute Gasteiger partial charge is 0.375 e. The van der Waals surface area contributed by atoms with Crippen molar-refractivity contribution in [3.05, 3.63) is 35.1 Å². The van der Waals surface area contributed by atoms with E-state index in [9.17, 15) is 14.0 Å². The number of nitrogens with one attached hydrogen (secondary N) is 2. The summed E-state index contributed by atoms with van der Waals surface area (Å²) in [5, 5.41) is 6.11. The van der Waals surface area contributed by atoms with Gasteiger partial charge in [0, 0.05) is 32.1 Å². The van der Waals surface area contributed by atoms with Crippen LogP contribution >= 0.6 is 12.4 Å². The number of hydrogen-bond acceptors (Lipinski definition) is 4. The summed E-state index contributed by atoms with van der Waals surface area (Å²) in [6.07, 6.45) is 1.14. The molecule has 0 saturated carbocycles. The Morgan fingerprint density at radius 1 is 1.32 bits per heavy atom. The fourth-order valence-corrected chi connectivity index (χ4v) is 3.65. The van der Waals surface area contributed by atoms with Crippen LogP contribution < -0.4 is 10.6 Å². The van der Waals surface area contributed by atoms with E-state index in [2.05, 4.69) is 10.6 Å². The molecule has 3 rings (SSSR count). The molecule has 0 aromatic heterocycles. The van der Waals surface area contributed by atoms with Crippen molar-refractivity contribution in [1.82, 2.24) is 15.5 Å². The van der Waals surface area contributed by atoms with E-state index < -0.39 is 0 Å². The number of piperidine rings is 1. The molecule has 1 aromatic carbocycles. The number of carbonyl (C=O) groups excluding carboxylic acids is 2. The molecule has 2 aliphatic rings. The van der Waals surface area contributed by atoms with Gasteiger partial charge in [-0.3, -0.25) is 9.59 Å². The van der Waals surface area contributed by atoms with Crippen LogP contribution in [0.15, 0.2) is 18.2 Å². The summed E-state index contributed by atoms with van der Waals surface area (Å²) in [5.74, 6) is -0.354. The highest BCUT2D eigenvalue weighted by Crippen LogP contribution is 2.20. The Balaban J connectivity index is 0.00000280. The summed E-state index contributed by atoms with van der Waals surface area (Å²) in [7, 11) is 0. The molecule has 2 atom stereocenters. The summed E-state index contributed by atoms with van der Waals surface area (Å²) >= 11 is 0. The summed E-state index contributed by atoms with van der Waals surface area (Å²) < 4.78 is 19.1. The smallest absolute Gasteiger partial charge is 0.242 e. The summed E-state index contributed by atoms with van der Waals surface area (Å²) in [4.78, 5) is 26.9. The molecule has 2 amide bonds. The molecule has 2 saturated heterocycles. The van der Waals surface area contributed by atoms with Crippen molar-refractivity contribution >= 4 is 24.2 Å².